The fourth-order valence-electron chi connectivity index (χ4n) is 4.14. The lowest BCUT2D eigenvalue weighted by molar-refractivity contribution is -0.138. The maximum Gasteiger partial charge on any atom is 0.419 e. The first-order chi connectivity index (χ1) is 15.4. The number of halogens is 3. The topological polar surface area (TPSA) is 75.6 Å². The molecule has 3 aromatic rings. The van der Waals surface area contributed by atoms with Crippen LogP contribution in [0.4, 0.5) is 19.1 Å². The van der Waals surface area contributed by atoms with Gasteiger partial charge in [-0.1, -0.05) is 18.2 Å². The van der Waals surface area contributed by atoms with Gasteiger partial charge in [-0.3, -0.25) is 0 Å². The number of benzene rings is 1. The van der Waals surface area contributed by atoms with Crippen molar-refractivity contribution in [2.75, 3.05) is 18.4 Å². The van der Waals surface area contributed by atoms with Crippen molar-refractivity contribution >= 4 is 23.1 Å². The molecule has 0 saturated carbocycles. The molecule has 0 unspecified atom stereocenters. The molecule has 1 fully saturated rings. The van der Waals surface area contributed by atoms with Crippen LogP contribution in [0, 0.1) is 6.92 Å². The molecule has 0 amide bonds. The molecule has 0 spiro atoms. The summed E-state index contributed by atoms with van der Waals surface area (Å²) in [7, 11) is 0. The number of allylic oxidation sites excluding steroid dienone is 1. The Morgan fingerprint density at radius 1 is 1.22 bits per heavy atom. The first-order valence-electron chi connectivity index (χ1n) is 10.4. The summed E-state index contributed by atoms with van der Waals surface area (Å²) in [6.45, 7) is 3.51. The first kappa shape index (κ1) is 21.0. The monoisotopic (exact) mass is 458 g/mol. The quantitative estimate of drug-likeness (QED) is 0.601. The summed E-state index contributed by atoms with van der Waals surface area (Å²) in [6.07, 6.45) is 0.606. The van der Waals surface area contributed by atoms with Gasteiger partial charge >= 0.3 is 6.18 Å². The first-order valence-corrected chi connectivity index (χ1v) is 11.2. The molecule has 5 rings (SSSR count). The van der Waals surface area contributed by atoms with Crippen molar-refractivity contribution in [1.82, 2.24) is 24.6 Å². The second-order valence-corrected chi connectivity index (χ2v) is 8.73. The van der Waals surface area contributed by atoms with Crippen molar-refractivity contribution in [3.05, 3.63) is 58.7 Å². The highest BCUT2D eigenvalue weighted by Gasteiger charge is 2.37. The second-order valence-electron chi connectivity index (χ2n) is 7.98. The van der Waals surface area contributed by atoms with Gasteiger partial charge in [0.15, 0.2) is 0 Å². The van der Waals surface area contributed by atoms with E-state index in [-0.39, 0.29) is 17.7 Å². The van der Waals surface area contributed by atoms with Gasteiger partial charge in [-0.05, 0) is 61.5 Å². The van der Waals surface area contributed by atoms with Gasteiger partial charge in [-0.15, -0.1) is 0 Å². The lowest BCUT2D eigenvalue weighted by atomic mass is 9.98. The number of fused-ring (bicyclic) bond motifs is 1. The van der Waals surface area contributed by atoms with E-state index in [0.717, 1.165) is 53.8 Å². The molecule has 0 radical (unpaired) electrons. The fraction of sp³-hybridized carbons (Fsp3) is 0.364. The molecular formula is C22H21F3N6S. The number of nitrogens with one attached hydrogen (secondary N) is 2. The predicted molar refractivity (Wildman–Crippen MR) is 117 cm³/mol. The zero-order valence-corrected chi connectivity index (χ0v) is 18.1. The van der Waals surface area contributed by atoms with E-state index in [1.807, 2.05) is 31.2 Å². The van der Waals surface area contributed by atoms with Crippen molar-refractivity contribution in [2.45, 2.75) is 38.4 Å². The molecule has 10 heteroatoms. The van der Waals surface area contributed by atoms with Crippen molar-refractivity contribution in [3.63, 3.8) is 0 Å². The van der Waals surface area contributed by atoms with Crippen LogP contribution in [0.2, 0.25) is 0 Å². The Balaban J connectivity index is 1.50. The Morgan fingerprint density at radius 3 is 2.81 bits per heavy atom. The summed E-state index contributed by atoms with van der Waals surface area (Å²) in [4.78, 5) is 12.7. The number of aromatic nitrogens is 4. The van der Waals surface area contributed by atoms with E-state index >= 15 is 0 Å². The highest BCUT2D eigenvalue weighted by molar-refractivity contribution is 7.09. The van der Waals surface area contributed by atoms with E-state index in [2.05, 4.69) is 30.0 Å². The number of anilines is 1. The van der Waals surface area contributed by atoms with E-state index < -0.39 is 11.7 Å². The largest absolute Gasteiger partial charge is 0.419 e. The molecule has 6 nitrogen and oxygen atoms in total. The van der Waals surface area contributed by atoms with Crippen LogP contribution in [0.3, 0.4) is 0 Å². The molecule has 2 aromatic heterocycles. The van der Waals surface area contributed by atoms with Crippen LogP contribution in [0.5, 0.6) is 0 Å². The van der Waals surface area contributed by atoms with Gasteiger partial charge in [0.2, 0.25) is 5.95 Å². The Labute approximate surface area is 187 Å². The highest BCUT2D eigenvalue weighted by Crippen LogP contribution is 2.40. The maximum absolute atomic E-state index is 13.8. The molecule has 1 aromatic carbocycles. The second kappa shape index (κ2) is 8.25. The van der Waals surface area contributed by atoms with Crippen molar-refractivity contribution in [2.24, 2.45) is 0 Å². The molecule has 1 aliphatic carbocycles. The highest BCUT2D eigenvalue weighted by atomic mass is 32.1. The number of piperidine rings is 1. The van der Waals surface area contributed by atoms with E-state index in [9.17, 15) is 13.2 Å². The molecule has 1 atom stereocenters. The Hall–Kier alpha value is -2.85. The molecule has 32 heavy (non-hydrogen) atoms. The third-order valence-electron chi connectivity index (χ3n) is 5.68. The van der Waals surface area contributed by atoms with Crippen molar-refractivity contribution in [1.29, 1.82) is 0 Å². The molecule has 1 aliphatic heterocycles. The van der Waals surface area contributed by atoms with Crippen LogP contribution in [-0.4, -0.2) is 38.5 Å². The van der Waals surface area contributed by atoms with E-state index in [0.29, 0.717) is 17.8 Å². The standard InChI is InChI=1S/C22H21F3N6S/c1-12-28-20(32-31-12)14-5-6-16-13(9-14)4-7-17(16)19-18(22(23,24)25)11-27-21(30-19)29-15-3-2-8-26-10-15/h5-7,9,11,15,26H,2-4,8,10H2,1H3,(H,27,29,30)/t15-/m0/s1. The average molecular weight is 459 g/mol. The van der Waals surface area contributed by atoms with Gasteiger partial charge in [0.05, 0.1) is 5.69 Å². The van der Waals surface area contributed by atoms with Crippen LogP contribution in [0.15, 0.2) is 30.5 Å². The lowest BCUT2D eigenvalue weighted by Crippen LogP contribution is -2.38. The normalized spacial score (nSPS) is 18.4. The van der Waals surface area contributed by atoms with Crippen LogP contribution >= 0.6 is 11.5 Å². The number of rotatable bonds is 4. The number of hydrogen-bond acceptors (Lipinski definition) is 7. The van der Waals surface area contributed by atoms with Crippen molar-refractivity contribution in [3.8, 4) is 10.6 Å². The number of aryl methyl sites for hydroxylation is 1. The van der Waals surface area contributed by atoms with Gasteiger partial charge in [-0.2, -0.15) is 17.5 Å². The summed E-state index contributed by atoms with van der Waals surface area (Å²) in [5.41, 5.74) is 2.19. The molecule has 2 aliphatic rings. The van der Waals surface area contributed by atoms with E-state index in [1.54, 1.807) is 0 Å². The summed E-state index contributed by atoms with van der Waals surface area (Å²) in [5, 5.41) is 7.26. The zero-order chi connectivity index (χ0) is 22.3. The van der Waals surface area contributed by atoms with Gasteiger partial charge in [0, 0.05) is 29.9 Å². The lowest BCUT2D eigenvalue weighted by Gasteiger charge is -2.24. The maximum atomic E-state index is 13.8. The summed E-state index contributed by atoms with van der Waals surface area (Å²) >= 11 is 1.31. The summed E-state index contributed by atoms with van der Waals surface area (Å²) in [6, 6.07) is 5.79. The minimum atomic E-state index is -4.55. The van der Waals surface area contributed by atoms with Gasteiger partial charge in [-0.25, -0.2) is 15.0 Å². The van der Waals surface area contributed by atoms with Gasteiger partial charge < -0.3 is 10.6 Å². The van der Waals surface area contributed by atoms with E-state index in [4.69, 9.17) is 0 Å². The van der Waals surface area contributed by atoms with Gasteiger partial charge in [0.25, 0.3) is 0 Å². The van der Waals surface area contributed by atoms with Crippen LogP contribution < -0.4 is 10.6 Å². The predicted octanol–water partition coefficient (Wildman–Crippen LogP) is 4.47. The summed E-state index contributed by atoms with van der Waals surface area (Å²) < 4.78 is 45.6. The molecule has 166 valence electrons. The van der Waals surface area contributed by atoms with Gasteiger partial charge in [0.1, 0.15) is 16.4 Å². The molecule has 1 saturated heterocycles. The third-order valence-corrected chi connectivity index (χ3v) is 6.53. The Bertz CT molecular complexity index is 1180. The van der Waals surface area contributed by atoms with Crippen LogP contribution in [0.25, 0.3) is 16.1 Å². The number of hydrogen-bond donors (Lipinski definition) is 2. The average Bonchev–Trinajstić information content (AvgIpc) is 3.39. The van der Waals surface area contributed by atoms with Crippen molar-refractivity contribution < 1.29 is 13.2 Å². The number of nitrogens with zero attached hydrogens (tertiary/aromatic N) is 4. The smallest absolute Gasteiger partial charge is 0.350 e. The third kappa shape index (κ3) is 4.12. The molecule has 0 bridgehead atoms. The van der Waals surface area contributed by atoms with Crippen LogP contribution in [0.1, 0.15) is 41.1 Å². The minimum absolute atomic E-state index is 0.0861. The Kier molecular flexibility index (Phi) is 5.42. The fourth-order valence-corrected chi connectivity index (χ4v) is 4.81. The summed E-state index contributed by atoms with van der Waals surface area (Å²) in [5.74, 6) is 0.922. The Morgan fingerprint density at radius 2 is 2.09 bits per heavy atom. The van der Waals surface area contributed by atoms with Crippen LogP contribution in [-0.2, 0) is 12.6 Å². The SMILES string of the molecule is Cc1nsc(-c2ccc3c(c2)CC=C3c2nc(N[C@H]3CCCNC3)ncc2C(F)(F)F)n1. The van der Waals surface area contributed by atoms with E-state index in [1.165, 1.54) is 11.5 Å². The molecule has 3 heterocycles. The minimum Gasteiger partial charge on any atom is -0.350 e. The molecule has 2 N–H and O–H groups in total. The molecular weight excluding hydrogens is 437 g/mol. The number of alkyl halides is 3. The zero-order valence-electron chi connectivity index (χ0n) is 17.3.